The zero-order chi connectivity index (χ0) is 16.4. The summed E-state index contributed by atoms with van der Waals surface area (Å²) in [5, 5.41) is 3.89. The second-order valence-corrected chi connectivity index (χ2v) is 8.12. The molecule has 0 aliphatic carbocycles. The average molecular weight is 351 g/mol. The van der Waals surface area contributed by atoms with Crippen molar-refractivity contribution in [1.82, 2.24) is 4.90 Å². The number of amides is 1. The Labute approximate surface area is 146 Å². The number of carbonyl (C=O) groups excluding carboxylic acids is 1. The third-order valence-electron chi connectivity index (χ3n) is 5.66. The fourth-order valence-corrected chi connectivity index (χ4v) is 4.73. The molecule has 0 N–H and O–H groups in total. The minimum absolute atomic E-state index is 0.0170. The van der Waals surface area contributed by atoms with Crippen LogP contribution in [0.2, 0.25) is 0 Å². The highest BCUT2D eigenvalue weighted by atomic mass is 32.1. The van der Waals surface area contributed by atoms with E-state index in [4.69, 9.17) is 14.2 Å². The predicted molar refractivity (Wildman–Crippen MR) is 91.3 cm³/mol. The zero-order valence-electron chi connectivity index (χ0n) is 13.9. The molecule has 3 aliphatic rings. The van der Waals surface area contributed by atoms with Crippen LogP contribution >= 0.6 is 11.3 Å². The van der Waals surface area contributed by atoms with Gasteiger partial charge in [-0.05, 0) is 30.2 Å². The Balaban J connectivity index is 1.35. The van der Waals surface area contributed by atoms with Crippen molar-refractivity contribution in [1.29, 1.82) is 0 Å². The first-order chi connectivity index (χ1) is 11.8. The number of rotatable bonds is 5. The van der Waals surface area contributed by atoms with E-state index in [0.29, 0.717) is 25.0 Å². The summed E-state index contributed by atoms with van der Waals surface area (Å²) in [7, 11) is 0. The maximum Gasteiger partial charge on any atom is 0.254 e. The largest absolute Gasteiger partial charge is 0.381 e. The van der Waals surface area contributed by atoms with Gasteiger partial charge in [-0.25, -0.2) is 0 Å². The topological polar surface area (TPSA) is 48.0 Å². The Morgan fingerprint density at radius 3 is 3.04 bits per heavy atom. The maximum absolute atomic E-state index is 12.6. The number of ether oxygens (including phenoxy) is 3. The van der Waals surface area contributed by atoms with Crippen LogP contribution in [0.5, 0.6) is 0 Å². The van der Waals surface area contributed by atoms with Crippen molar-refractivity contribution in [2.45, 2.75) is 12.8 Å². The zero-order valence-corrected chi connectivity index (χ0v) is 14.8. The molecule has 0 radical (unpaired) electrons. The van der Waals surface area contributed by atoms with Gasteiger partial charge in [0.15, 0.2) is 0 Å². The number of nitrogens with zero attached hydrogens (tertiary/aromatic N) is 1. The molecule has 5 nitrogen and oxygen atoms in total. The molecule has 6 heteroatoms. The molecular formula is C18H25NO4S. The first-order valence-electron chi connectivity index (χ1n) is 8.81. The number of hydrogen-bond acceptors (Lipinski definition) is 5. The van der Waals surface area contributed by atoms with Crippen LogP contribution in [-0.4, -0.2) is 63.5 Å². The SMILES string of the molecule is O=C(c1ccsc1)N1C[C@@H]2COC[C@]2(COCC2CCOCC2)C1. The lowest BCUT2D eigenvalue weighted by atomic mass is 9.82. The van der Waals surface area contributed by atoms with Gasteiger partial charge in [0, 0.05) is 49.6 Å². The molecule has 0 spiro atoms. The minimum Gasteiger partial charge on any atom is -0.381 e. The van der Waals surface area contributed by atoms with Crippen molar-refractivity contribution < 1.29 is 19.0 Å². The number of carbonyl (C=O) groups is 1. The Bertz CT molecular complexity index is 557. The highest BCUT2D eigenvalue weighted by molar-refractivity contribution is 7.08. The van der Waals surface area contributed by atoms with Crippen molar-refractivity contribution in [3.63, 3.8) is 0 Å². The smallest absolute Gasteiger partial charge is 0.254 e. The van der Waals surface area contributed by atoms with Gasteiger partial charge >= 0.3 is 0 Å². The third-order valence-corrected chi connectivity index (χ3v) is 6.34. The van der Waals surface area contributed by atoms with Crippen LogP contribution in [0.25, 0.3) is 0 Å². The highest BCUT2D eigenvalue weighted by Gasteiger charge is 2.52. The second-order valence-electron chi connectivity index (χ2n) is 7.34. The molecule has 2 atom stereocenters. The lowest BCUT2D eigenvalue weighted by molar-refractivity contribution is -0.0150. The predicted octanol–water partition coefficient (Wildman–Crippen LogP) is 2.28. The van der Waals surface area contributed by atoms with Crippen LogP contribution in [0.4, 0.5) is 0 Å². The van der Waals surface area contributed by atoms with Crippen LogP contribution in [0.1, 0.15) is 23.2 Å². The van der Waals surface area contributed by atoms with Crippen LogP contribution in [-0.2, 0) is 14.2 Å². The van der Waals surface area contributed by atoms with Crippen molar-refractivity contribution in [3.8, 4) is 0 Å². The molecule has 132 valence electrons. The molecule has 0 saturated carbocycles. The van der Waals surface area contributed by atoms with E-state index in [1.54, 1.807) is 11.3 Å². The molecule has 3 saturated heterocycles. The Morgan fingerprint density at radius 2 is 2.25 bits per heavy atom. The molecule has 1 aromatic heterocycles. The molecule has 0 unspecified atom stereocenters. The number of hydrogen-bond donors (Lipinski definition) is 0. The molecule has 3 fully saturated rings. The van der Waals surface area contributed by atoms with E-state index in [0.717, 1.165) is 57.9 Å². The molecule has 1 aromatic rings. The lowest BCUT2D eigenvalue weighted by Crippen LogP contribution is -2.38. The summed E-state index contributed by atoms with van der Waals surface area (Å²) in [6, 6.07) is 1.91. The van der Waals surface area contributed by atoms with E-state index in [-0.39, 0.29) is 11.3 Å². The summed E-state index contributed by atoms with van der Waals surface area (Å²) in [4.78, 5) is 14.6. The summed E-state index contributed by atoms with van der Waals surface area (Å²) in [6.07, 6.45) is 2.19. The monoisotopic (exact) mass is 351 g/mol. The molecular weight excluding hydrogens is 326 g/mol. The highest BCUT2D eigenvalue weighted by Crippen LogP contribution is 2.42. The fraction of sp³-hybridized carbons (Fsp3) is 0.722. The number of fused-ring (bicyclic) bond motifs is 1. The first-order valence-corrected chi connectivity index (χ1v) is 9.76. The second kappa shape index (κ2) is 7.12. The molecule has 0 aromatic carbocycles. The van der Waals surface area contributed by atoms with Gasteiger partial charge in [-0.2, -0.15) is 11.3 Å². The molecule has 24 heavy (non-hydrogen) atoms. The van der Waals surface area contributed by atoms with Crippen molar-refractivity contribution in [2.75, 3.05) is 52.7 Å². The third kappa shape index (κ3) is 3.25. The standard InChI is InChI=1S/C18H25NO4S/c20-17(15-3-6-24-10-15)19-7-16-9-23-13-18(16,11-19)12-22-8-14-1-4-21-5-2-14/h3,6,10,14,16H,1-2,4-5,7-9,11-13H2/t16-,18-/m1/s1. The van der Waals surface area contributed by atoms with E-state index in [1.807, 2.05) is 21.7 Å². The van der Waals surface area contributed by atoms with Gasteiger partial charge in [0.05, 0.1) is 25.4 Å². The first kappa shape index (κ1) is 16.5. The normalized spacial score (nSPS) is 30.7. The summed E-state index contributed by atoms with van der Waals surface area (Å²) in [5.74, 6) is 1.16. The fourth-order valence-electron chi connectivity index (χ4n) is 4.10. The number of likely N-dealkylation sites (tertiary alicyclic amines) is 1. The molecule has 3 aliphatic heterocycles. The Morgan fingerprint density at radius 1 is 1.38 bits per heavy atom. The van der Waals surface area contributed by atoms with Gasteiger partial charge in [0.2, 0.25) is 0 Å². The summed E-state index contributed by atoms with van der Waals surface area (Å²) >= 11 is 1.57. The lowest BCUT2D eigenvalue weighted by Gasteiger charge is -2.29. The maximum atomic E-state index is 12.6. The summed E-state index contributed by atoms with van der Waals surface area (Å²) < 4.78 is 17.3. The van der Waals surface area contributed by atoms with Crippen molar-refractivity contribution in [2.24, 2.45) is 17.3 Å². The van der Waals surface area contributed by atoms with Crippen LogP contribution < -0.4 is 0 Å². The minimum atomic E-state index is -0.0170. The summed E-state index contributed by atoms with van der Waals surface area (Å²) in [5.41, 5.74) is 0.788. The van der Waals surface area contributed by atoms with Crippen LogP contribution in [0.3, 0.4) is 0 Å². The van der Waals surface area contributed by atoms with E-state index in [9.17, 15) is 4.79 Å². The van der Waals surface area contributed by atoms with E-state index < -0.39 is 0 Å². The van der Waals surface area contributed by atoms with E-state index in [1.165, 1.54) is 0 Å². The van der Waals surface area contributed by atoms with E-state index in [2.05, 4.69) is 0 Å². The molecule has 1 amide bonds. The number of thiophene rings is 1. The Hall–Kier alpha value is -0.950. The molecule has 4 rings (SSSR count). The van der Waals surface area contributed by atoms with Crippen molar-refractivity contribution in [3.05, 3.63) is 22.4 Å². The van der Waals surface area contributed by atoms with Crippen molar-refractivity contribution >= 4 is 17.2 Å². The van der Waals surface area contributed by atoms with Crippen LogP contribution in [0, 0.1) is 17.3 Å². The molecule has 0 bridgehead atoms. The van der Waals surface area contributed by atoms with E-state index >= 15 is 0 Å². The van der Waals surface area contributed by atoms with Gasteiger partial charge in [0.25, 0.3) is 5.91 Å². The average Bonchev–Trinajstić information content (AvgIpc) is 3.31. The van der Waals surface area contributed by atoms with Gasteiger partial charge < -0.3 is 19.1 Å². The van der Waals surface area contributed by atoms with Gasteiger partial charge in [-0.3, -0.25) is 4.79 Å². The van der Waals surface area contributed by atoms with Gasteiger partial charge in [-0.1, -0.05) is 0 Å². The van der Waals surface area contributed by atoms with Gasteiger partial charge in [-0.15, -0.1) is 0 Å². The van der Waals surface area contributed by atoms with Gasteiger partial charge in [0.1, 0.15) is 0 Å². The van der Waals surface area contributed by atoms with Crippen LogP contribution in [0.15, 0.2) is 16.8 Å². The Kier molecular flexibility index (Phi) is 4.90. The quantitative estimate of drug-likeness (QED) is 0.817. The summed E-state index contributed by atoms with van der Waals surface area (Å²) in [6.45, 7) is 6.20. The molecule has 4 heterocycles.